The van der Waals surface area contributed by atoms with E-state index in [-0.39, 0.29) is 11.8 Å². The Morgan fingerprint density at radius 3 is 2.67 bits per heavy atom. The Labute approximate surface area is 179 Å². The van der Waals surface area contributed by atoms with Gasteiger partial charge in [-0.1, -0.05) is 23.8 Å². The summed E-state index contributed by atoms with van der Waals surface area (Å²) in [5.74, 6) is 0.0216. The summed E-state index contributed by atoms with van der Waals surface area (Å²) in [7, 11) is -3.50. The van der Waals surface area contributed by atoms with Crippen LogP contribution < -0.4 is 5.32 Å². The molecule has 1 fully saturated rings. The van der Waals surface area contributed by atoms with Crippen molar-refractivity contribution in [2.45, 2.75) is 50.3 Å². The normalized spacial score (nSPS) is 19.8. The van der Waals surface area contributed by atoms with Crippen LogP contribution in [-0.4, -0.2) is 38.3 Å². The summed E-state index contributed by atoms with van der Waals surface area (Å²) >= 11 is 0. The standard InChI is InChI=1S/C24H30N2O3S/c1-18-6-4-10-22(14-18)24(27)25-16-19-7-5-13-26(17-19)30(28,29)23-12-11-20-8-2-3-9-21(20)15-23/h4,6,10-12,14-15,19H,2-3,5,7-9,13,16-17H2,1H3,(H,25,27)/t19-/m0/s1. The van der Waals surface area contributed by atoms with Gasteiger partial charge in [-0.2, -0.15) is 4.31 Å². The van der Waals surface area contributed by atoms with Crippen molar-refractivity contribution in [1.82, 2.24) is 9.62 Å². The summed E-state index contributed by atoms with van der Waals surface area (Å²) in [5.41, 5.74) is 4.16. The summed E-state index contributed by atoms with van der Waals surface area (Å²) in [6.45, 7) is 3.44. The van der Waals surface area contributed by atoms with Gasteiger partial charge in [0.2, 0.25) is 10.0 Å². The maximum atomic E-state index is 13.3. The van der Waals surface area contributed by atoms with Crippen LogP contribution in [0.4, 0.5) is 0 Å². The molecule has 2 aromatic carbocycles. The number of carbonyl (C=O) groups excluding carboxylic acids is 1. The molecule has 6 heteroatoms. The number of hydrogen-bond acceptors (Lipinski definition) is 3. The van der Waals surface area contributed by atoms with E-state index in [1.54, 1.807) is 16.4 Å². The predicted molar refractivity (Wildman–Crippen MR) is 118 cm³/mol. The summed E-state index contributed by atoms with van der Waals surface area (Å²) in [4.78, 5) is 12.8. The SMILES string of the molecule is Cc1cccc(C(=O)NC[C@@H]2CCCN(S(=O)(=O)c3ccc4c(c3)CCCC4)C2)c1. The molecule has 1 N–H and O–H groups in total. The third-order valence-electron chi connectivity index (χ3n) is 6.27. The minimum atomic E-state index is -3.50. The first kappa shape index (κ1) is 21.1. The van der Waals surface area contributed by atoms with Crippen LogP contribution in [0.15, 0.2) is 47.4 Å². The van der Waals surface area contributed by atoms with Crippen molar-refractivity contribution < 1.29 is 13.2 Å². The number of hydrogen-bond donors (Lipinski definition) is 1. The van der Waals surface area contributed by atoms with Gasteiger partial charge in [-0.25, -0.2) is 8.42 Å². The fourth-order valence-corrected chi connectivity index (χ4v) is 6.16. The molecule has 0 aromatic heterocycles. The Morgan fingerprint density at radius 2 is 1.87 bits per heavy atom. The number of amides is 1. The minimum absolute atomic E-state index is 0.103. The molecule has 30 heavy (non-hydrogen) atoms. The van der Waals surface area contributed by atoms with Crippen LogP contribution in [0.3, 0.4) is 0 Å². The van der Waals surface area contributed by atoms with E-state index in [1.807, 2.05) is 37.3 Å². The lowest BCUT2D eigenvalue weighted by Crippen LogP contribution is -2.43. The van der Waals surface area contributed by atoms with E-state index in [9.17, 15) is 13.2 Å². The number of nitrogens with zero attached hydrogens (tertiary/aromatic N) is 1. The zero-order valence-electron chi connectivity index (χ0n) is 17.6. The van der Waals surface area contributed by atoms with E-state index in [1.165, 1.54) is 17.5 Å². The van der Waals surface area contributed by atoms with Crippen molar-refractivity contribution in [2.75, 3.05) is 19.6 Å². The summed E-state index contributed by atoms with van der Waals surface area (Å²) in [6.07, 6.45) is 6.05. The third-order valence-corrected chi connectivity index (χ3v) is 8.13. The van der Waals surface area contributed by atoms with Crippen LogP contribution in [0.5, 0.6) is 0 Å². The molecule has 160 valence electrons. The monoisotopic (exact) mass is 426 g/mol. The Balaban J connectivity index is 1.41. The molecule has 1 heterocycles. The summed E-state index contributed by atoms with van der Waals surface area (Å²) in [5, 5.41) is 2.99. The van der Waals surface area contributed by atoms with Crippen LogP contribution in [0, 0.1) is 12.8 Å². The molecule has 0 unspecified atom stereocenters. The van der Waals surface area contributed by atoms with Gasteiger partial charge in [0.05, 0.1) is 4.90 Å². The van der Waals surface area contributed by atoms with Crippen molar-refractivity contribution in [1.29, 1.82) is 0 Å². The number of rotatable bonds is 5. The Kier molecular flexibility index (Phi) is 6.25. The van der Waals surface area contributed by atoms with Gasteiger partial charge in [0.1, 0.15) is 0 Å². The van der Waals surface area contributed by atoms with E-state index in [0.29, 0.717) is 30.1 Å². The summed E-state index contributed by atoms with van der Waals surface area (Å²) in [6, 6.07) is 13.1. The highest BCUT2D eigenvalue weighted by molar-refractivity contribution is 7.89. The highest BCUT2D eigenvalue weighted by Gasteiger charge is 2.31. The first-order valence-electron chi connectivity index (χ1n) is 10.9. The number of nitrogens with one attached hydrogen (secondary N) is 1. The van der Waals surface area contributed by atoms with Crippen molar-refractivity contribution in [3.63, 3.8) is 0 Å². The lowest BCUT2D eigenvalue weighted by Gasteiger charge is -2.32. The molecule has 1 atom stereocenters. The van der Waals surface area contributed by atoms with Gasteiger partial charge in [-0.05, 0) is 86.8 Å². The topological polar surface area (TPSA) is 66.5 Å². The molecular weight excluding hydrogens is 396 g/mol. The molecule has 2 aromatic rings. The van der Waals surface area contributed by atoms with Crippen LogP contribution in [0.1, 0.15) is 52.7 Å². The van der Waals surface area contributed by atoms with E-state index in [0.717, 1.165) is 37.7 Å². The number of aryl methyl sites for hydroxylation is 3. The number of fused-ring (bicyclic) bond motifs is 1. The van der Waals surface area contributed by atoms with Crippen LogP contribution in [0.2, 0.25) is 0 Å². The first-order valence-corrected chi connectivity index (χ1v) is 12.3. The Morgan fingerprint density at radius 1 is 1.07 bits per heavy atom. The second kappa shape index (κ2) is 8.90. The summed E-state index contributed by atoms with van der Waals surface area (Å²) < 4.78 is 28.1. The quantitative estimate of drug-likeness (QED) is 0.793. The van der Waals surface area contributed by atoms with Gasteiger partial charge in [-0.3, -0.25) is 4.79 Å². The van der Waals surface area contributed by atoms with E-state index < -0.39 is 10.0 Å². The molecule has 2 aliphatic rings. The van der Waals surface area contributed by atoms with Crippen LogP contribution in [0.25, 0.3) is 0 Å². The third kappa shape index (κ3) is 4.60. The second-order valence-corrected chi connectivity index (χ2v) is 10.5. The maximum Gasteiger partial charge on any atom is 0.251 e. The first-order chi connectivity index (χ1) is 14.4. The largest absolute Gasteiger partial charge is 0.352 e. The fourth-order valence-electron chi connectivity index (χ4n) is 4.56. The second-order valence-electron chi connectivity index (χ2n) is 8.59. The number of piperidine rings is 1. The molecule has 5 nitrogen and oxygen atoms in total. The van der Waals surface area contributed by atoms with Crippen molar-refractivity contribution >= 4 is 15.9 Å². The van der Waals surface area contributed by atoms with E-state index in [4.69, 9.17) is 0 Å². The van der Waals surface area contributed by atoms with Gasteiger partial charge in [0, 0.05) is 25.2 Å². The predicted octanol–water partition coefficient (Wildman–Crippen LogP) is 3.70. The molecule has 1 amide bonds. The van der Waals surface area contributed by atoms with Crippen molar-refractivity contribution in [3.05, 3.63) is 64.7 Å². The van der Waals surface area contributed by atoms with Gasteiger partial charge in [-0.15, -0.1) is 0 Å². The molecular formula is C24H30N2O3S. The molecule has 1 aliphatic carbocycles. The Hall–Kier alpha value is -2.18. The average molecular weight is 427 g/mol. The van der Waals surface area contributed by atoms with Gasteiger partial charge in [0.25, 0.3) is 5.91 Å². The fraction of sp³-hybridized carbons (Fsp3) is 0.458. The number of benzene rings is 2. The average Bonchev–Trinajstić information content (AvgIpc) is 2.77. The zero-order chi connectivity index (χ0) is 21.1. The number of sulfonamides is 1. The molecule has 1 saturated heterocycles. The van der Waals surface area contributed by atoms with Crippen molar-refractivity contribution in [2.24, 2.45) is 5.92 Å². The van der Waals surface area contributed by atoms with Gasteiger partial charge >= 0.3 is 0 Å². The highest BCUT2D eigenvalue weighted by Crippen LogP contribution is 2.28. The zero-order valence-corrected chi connectivity index (χ0v) is 18.4. The molecule has 1 aliphatic heterocycles. The molecule has 0 saturated carbocycles. The molecule has 0 radical (unpaired) electrons. The van der Waals surface area contributed by atoms with Crippen LogP contribution in [-0.2, 0) is 22.9 Å². The maximum absolute atomic E-state index is 13.3. The smallest absolute Gasteiger partial charge is 0.251 e. The molecule has 0 spiro atoms. The van der Waals surface area contributed by atoms with Crippen LogP contribution >= 0.6 is 0 Å². The molecule has 0 bridgehead atoms. The Bertz CT molecular complexity index is 1030. The highest BCUT2D eigenvalue weighted by atomic mass is 32.2. The van der Waals surface area contributed by atoms with E-state index >= 15 is 0 Å². The van der Waals surface area contributed by atoms with Gasteiger partial charge < -0.3 is 5.32 Å². The molecule has 4 rings (SSSR count). The lowest BCUT2D eigenvalue weighted by atomic mass is 9.92. The van der Waals surface area contributed by atoms with Gasteiger partial charge in [0.15, 0.2) is 0 Å². The minimum Gasteiger partial charge on any atom is -0.352 e. The van der Waals surface area contributed by atoms with Crippen molar-refractivity contribution in [3.8, 4) is 0 Å². The number of carbonyl (C=O) groups is 1. The van der Waals surface area contributed by atoms with E-state index in [2.05, 4.69) is 5.32 Å². The lowest BCUT2D eigenvalue weighted by molar-refractivity contribution is 0.0941.